The minimum atomic E-state index is -0.579. The van der Waals surface area contributed by atoms with Crippen LogP contribution in [0.15, 0.2) is 82.0 Å². The Morgan fingerprint density at radius 3 is 2.43 bits per heavy atom. The van der Waals surface area contributed by atoms with E-state index >= 15 is 0 Å². The zero-order valence-electron chi connectivity index (χ0n) is 14.9. The summed E-state index contributed by atoms with van der Waals surface area (Å²) in [6, 6.07) is 21.0. The quantitative estimate of drug-likeness (QED) is 0.258. The van der Waals surface area contributed by atoms with Crippen molar-refractivity contribution in [2.45, 2.75) is 6.92 Å². The zero-order chi connectivity index (χ0) is 19.7. The summed E-state index contributed by atoms with van der Waals surface area (Å²) in [5.41, 5.74) is 2.30. The van der Waals surface area contributed by atoms with Crippen LogP contribution in [0.1, 0.15) is 15.9 Å². The van der Waals surface area contributed by atoms with Gasteiger partial charge in [-0.3, -0.25) is 0 Å². The summed E-state index contributed by atoms with van der Waals surface area (Å²) in [6.07, 6.45) is 0. The zero-order valence-corrected chi connectivity index (χ0v) is 15.7. The molecule has 1 heterocycles. The van der Waals surface area contributed by atoms with Crippen molar-refractivity contribution in [1.82, 2.24) is 0 Å². The summed E-state index contributed by atoms with van der Waals surface area (Å²) in [5.74, 6) is -0.308. The Labute approximate surface area is 166 Å². The fourth-order valence-electron chi connectivity index (χ4n) is 3.13. The molecule has 138 valence electrons. The van der Waals surface area contributed by atoms with E-state index < -0.39 is 11.6 Å². The van der Waals surface area contributed by atoms with Crippen molar-refractivity contribution in [2.24, 2.45) is 0 Å². The predicted molar refractivity (Wildman–Crippen MR) is 109 cm³/mol. The molecular formula is C23H15ClO4. The van der Waals surface area contributed by atoms with Crippen LogP contribution < -0.4 is 10.4 Å². The Morgan fingerprint density at radius 1 is 0.964 bits per heavy atom. The molecule has 0 bridgehead atoms. The highest BCUT2D eigenvalue weighted by Crippen LogP contribution is 2.29. The molecule has 5 heteroatoms. The molecule has 0 aliphatic carbocycles. The Bertz CT molecular complexity index is 1240. The Balaban J connectivity index is 1.74. The van der Waals surface area contributed by atoms with E-state index in [1.165, 1.54) is 6.07 Å². The summed E-state index contributed by atoms with van der Waals surface area (Å²) in [6.45, 7) is 1.87. The van der Waals surface area contributed by atoms with E-state index in [2.05, 4.69) is 0 Å². The first-order valence-electron chi connectivity index (χ1n) is 8.64. The van der Waals surface area contributed by atoms with Gasteiger partial charge in [-0.2, -0.15) is 0 Å². The van der Waals surface area contributed by atoms with Gasteiger partial charge in [0.1, 0.15) is 11.3 Å². The summed E-state index contributed by atoms with van der Waals surface area (Å²) in [7, 11) is 0. The maximum atomic E-state index is 12.6. The minimum Gasteiger partial charge on any atom is -0.423 e. The van der Waals surface area contributed by atoms with Crippen molar-refractivity contribution in [3.05, 3.63) is 99.4 Å². The number of esters is 1. The third-order valence-corrected chi connectivity index (χ3v) is 4.84. The number of carbonyl (C=O) groups excluding carboxylic acids is 1. The molecule has 0 amide bonds. The normalized spacial score (nSPS) is 10.8. The number of halogens is 1. The molecule has 0 spiro atoms. The van der Waals surface area contributed by atoms with E-state index in [0.717, 1.165) is 16.5 Å². The fraction of sp³-hybridized carbons (Fsp3) is 0.0435. The number of hydrogen-bond donors (Lipinski definition) is 0. The van der Waals surface area contributed by atoms with E-state index in [1.807, 2.05) is 37.3 Å². The molecule has 0 aliphatic rings. The third kappa shape index (κ3) is 3.30. The van der Waals surface area contributed by atoms with Gasteiger partial charge in [0.15, 0.2) is 0 Å². The highest BCUT2D eigenvalue weighted by molar-refractivity contribution is 6.33. The van der Waals surface area contributed by atoms with Crippen molar-refractivity contribution < 1.29 is 13.9 Å². The fourth-order valence-corrected chi connectivity index (χ4v) is 3.34. The van der Waals surface area contributed by atoms with Gasteiger partial charge in [-0.15, -0.1) is 0 Å². The van der Waals surface area contributed by atoms with Crippen LogP contribution in [-0.4, -0.2) is 5.97 Å². The lowest BCUT2D eigenvalue weighted by Crippen LogP contribution is -2.09. The van der Waals surface area contributed by atoms with Crippen molar-refractivity contribution >= 4 is 28.5 Å². The van der Waals surface area contributed by atoms with Gasteiger partial charge >= 0.3 is 11.6 Å². The first kappa shape index (κ1) is 18.0. The van der Waals surface area contributed by atoms with Crippen molar-refractivity contribution in [3.63, 3.8) is 0 Å². The van der Waals surface area contributed by atoms with Crippen LogP contribution in [0.2, 0.25) is 5.02 Å². The Morgan fingerprint density at radius 2 is 1.68 bits per heavy atom. The number of carbonyl (C=O) groups is 1. The second kappa shape index (κ2) is 7.33. The number of fused-ring (bicyclic) bond motifs is 1. The van der Waals surface area contributed by atoms with Crippen molar-refractivity contribution in [2.75, 3.05) is 0 Å². The van der Waals surface area contributed by atoms with Gasteiger partial charge in [0, 0.05) is 11.5 Å². The van der Waals surface area contributed by atoms with E-state index in [9.17, 15) is 9.59 Å². The third-order valence-electron chi connectivity index (χ3n) is 4.51. The van der Waals surface area contributed by atoms with Crippen molar-refractivity contribution in [1.29, 1.82) is 0 Å². The molecule has 4 rings (SSSR count). The van der Waals surface area contributed by atoms with Gasteiger partial charge in [0.25, 0.3) is 0 Å². The number of hydrogen-bond acceptors (Lipinski definition) is 4. The molecule has 1 aromatic heterocycles. The second-order valence-electron chi connectivity index (χ2n) is 6.28. The first-order chi connectivity index (χ1) is 13.5. The van der Waals surface area contributed by atoms with Gasteiger partial charge in [0.05, 0.1) is 16.1 Å². The predicted octanol–water partition coefficient (Wildman–Crippen LogP) is 5.64. The van der Waals surface area contributed by atoms with Crippen LogP contribution in [0, 0.1) is 6.92 Å². The molecule has 0 N–H and O–H groups in total. The Kier molecular flexibility index (Phi) is 4.72. The summed E-state index contributed by atoms with van der Waals surface area (Å²) in [5, 5.41) is 1.08. The lowest BCUT2D eigenvalue weighted by atomic mass is 10.00. The van der Waals surface area contributed by atoms with Crippen molar-refractivity contribution in [3.8, 4) is 16.9 Å². The maximum Gasteiger partial charge on any atom is 0.345 e. The van der Waals surface area contributed by atoms with Gasteiger partial charge in [-0.1, -0.05) is 54.1 Å². The van der Waals surface area contributed by atoms with Gasteiger partial charge in [0.2, 0.25) is 0 Å². The molecule has 4 nitrogen and oxygen atoms in total. The molecule has 4 aromatic rings. The summed E-state index contributed by atoms with van der Waals surface area (Å²) >= 11 is 6.04. The molecule has 0 saturated heterocycles. The van der Waals surface area contributed by atoms with Crippen LogP contribution in [-0.2, 0) is 0 Å². The standard InChI is InChI=1S/C23H15ClO4/c1-14-17-12-11-16(27-22(25)18-9-5-6-10-19(18)24)13-20(17)28-23(26)21(14)15-7-3-2-4-8-15/h2-13H,1H3. The maximum absolute atomic E-state index is 12.6. The van der Waals surface area contributed by atoms with Crippen LogP contribution >= 0.6 is 11.6 Å². The van der Waals surface area contributed by atoms with E-state index in [4.69, 9.17) is 20.8 Å². The Hall–Kier alpha value is -3.37. The molecule has 0 atom stereocenters. The highest BCUT2D eigenvalue weighted by atomic mass is 35.5. The molecule has 0 radical (unpaired) electrons. The van der Waals surface area contributed by atoms with E-state index in [-0.39, 0.29) is 11.3 Å². The number of aryl methyl sites for hydroxylation is 1. The SMILES string of the molecule is Cc1c(-c2ccccc2)c(=O)oc2cc(OC(=O)c3ccccc3Cl)ccc12. The van der Waals surface area contributed by atoms with Crippen LogP contribution in [0.25, 0.3) is 22.1 Å². The van der Waals surface area contributed by atoms with Crippen LogP contribution in [0.5, 0.6) is 5.75 Å². The van der Waals surface area contributed by atoms with Gasteiger partial charge in [-0.05, 0) is 42.3 Å². The van der Waals surface area contributed by atoms with Gasteiger partial charge in [-0.25, -0.2) is 9.59 Å². The lowest BCUT2D eigenvalue weighted by Gasteiger charge is -2.10. The number of rotatable bonds is 3. The van der Waals surface area contributed by atoms with Crippen LogP contribution in [0.4, 0.5) is 0 Å². The average Bonchev–Trinajstić information content (AvgIpc) is 2.69. The average molecular weight is 391 g/mol. The minimum absolute atomic E-state index is 0.265. The smallest absolute Gasteiger partial charge is 0.345 e. The number of ether oxygens (including phenoxy) is 1. The molecule has 0 fully saturated rings. The topological polar surface area (TPSA) is 56.5 Å². The number of benzene rings is 3. The summed E-state index contributed by atoms with van der Waals surface area (Å²) < 4.78 is 10.9. The molecular weight excluding hydrogens is 376 g/mol. The highest BCUT2D eigenvalue weighted by Gasteiger charge is 2.16. The molecule has 3 aromatic carbocycles. The summed E-state index contributed by atoms with van der Waals surface area (Å²) in [4.78, 5) is 24.9. The monoisotopic (exact) mass is 390 g/mol. The second-order valence-corrected chi connectivity index (χ2v) is 6.69. The lowest BCUT2D eigenvalue weighted by molar-refractivity contribution is 0.0735. The first-order valence-corrected chi connectivity index (χ1v) is 9.02. The van der Waals surface area contributed by atoms with Gasteiger partial charge < -0.3 is 9.15 Å². The molecule has 0 saturated carbocycles. The molecule has 0 aliphatic heterocycles. The van der Waals surface area contributed by atoms with Crippen LogP contribution in [0.3, 0.4) is 0 Å². The van der Waals surface area contributed by atoms with E-state index in [0.29, 0.717) is 16.2 Å². The van der Waals surface area contributed by atoms with E-state index in [1.54, 1.807) is 36.4 Å². The molecule has 28 heavy (non-hydrogen) atoms. The largest absolute Gasteiger partial charge is 0.423 e. The molecule has 0 unspecified atom stereocenters.